The van der Waals surface area contributed by atoms with Gasteiger partial charge in [0.05, 0.1) is 0 Å². The monoisotopic (exact) mass is 289 g/mol. The minimum Gasteiger partial charge on any atom is -0.321 e. The van der Waals surface area contributed by atoms with Gasteiger partial charge in [-0.15, -0.1) is 0 Å². The number of aryl methyl sites for hydroxylation is 1. The fraction of sp³-hybridized carbons (Fsp3) is 0.294. The van der Waals surface area contributed by atoms with Gasteiger partial charge in [0.15, 0.2) is 0 Å². The van der Waals surface area contributed by atoms with Crippen LogP contribution >= 0.6 is 11.6 Å². The fourth-order valence-corrected chi connectivity index (χ4v) is 3.35. The molecule has 20 heavy (non-hydrogen) atoms. The highest BCUT2D eigenvalue weighted by molar-refractivity contribution is 6.30. The lowest BCUT2D eigenvalue weighted by Gasteiger charge is -2.36. The molecule has 1 nitrogen and oxygen atoms in total. The molecule has 2 N–H and O–H groups in total. The Balaban J connectivity index is 2.00. The smallest absolute Gasteiger partial charge is 0.126 e. The molecular weight excluding hydrogens is 273 g/mol. The summed E-state index contributed by atoms with van der Waals surface area (Å²) in [4.78, 5) is 0. The maximum Gasteiger partial charge on any atom is 0.126 e. The molecule has 0 bridgehead atoms. The largest absolute Gasteiger partial charge is 0.321 e. The molecule has 0 amide bonds. The van der Waals surface area contributed by atoms with Crippen LogP contribution in [0.4, 0.5) is 4.39 Å². The minimum absolute atomic E-state index is 0.234. The van der Waals surface area contributed by atoms with E-state index in [0.717, 1.165) is 24.8 Å². The number of fused-ring (bicyclic) bond motifs is 1. The van der Waals surface area contributed by atoms with E-state index in [1.165, 1.54) is 11.6 Å². The predicted octanol–water partition coefficient (Wildman–Crippen LogP) is 4.21. The Morgan fingerprint density at radius 1 is 1.20 bits per heavy atom. The Morgan fingerprint density at radius 3 is 2.85 bits per heavy atom. The first-order valence-electron chi connectivity index (χ1n) is 6.90. The van der Waals surface area contributed by atoms with Crippen molar-refractivity contribution in [2.24, 2.45) is 5.73 Å². The number of benzene rings is 2. The molecule has 2 aromatic carbocycles. The molecule has 1 aliphatic carbocycles. The Kier molecular flexibility index (Phi) is 3.53. The van der Waals surface area contributed by atoms with Crippen molar-refractivity contribution < 1.29 is 4.39 Å². The van der Waals surface area contributed by atoms with Crippen LogP contribution in [0, 0.1) is 5.82 Å². The zero-order chi connectivity index (χ0) is 14.2. The van der Waals surface area contributed by atoms with E-state index in [4.69, 9.17) is 17.3 Å². The average molecular weight is 290 g/mol. The molecule has 104 valence electrons. The molecule has 1 atom stereocenters. The van der Waals surface area contributed by atoms with E-state index in [1.54, 1.807) is 12.1 Å². The first kappa shape index (κ1) is 13.6. The summed E-state index contributed by atoms with van der Waals surface area (Å²) < 4.78 is 14.0. The Hall–Kier alpha value is -1.38. The summed E-state index contributed by atoms with van der Waals surface area (Å²) in [6.45, 7) is 0. The standard InChI is InChI=1S/C17H17ClFN/c18-14-7-8-16(19)13(10-14)11-17(20)9-3-5-12-4-1-2-6-15(12)17/h1-2,4,6-8,10H,3,5,9,11,20H2. The van der Waals surface area contributed by atoms with Crippen molar-refractivity contribution >= 4 is 11.6 Å². The lowest BCUT2D eigenvalue weighted by Crippen LogP contribution is -2.42. The summed E-state index contributed by atoms with van der Waals surface area (Å²) in [5.74, 6) is -0.234. The summed E-state index contributed by atoms with van der Waals surface area (Å²) in [5, 5.41) is 0.550. The first-order chi connectivity index (χ1) is 9.58. The van der Waals surface area contributed by atoms with Crippen LogP contribution in [0.5, 0.6) is 0 Å². The Labute approximate surface area is 123 Å². The van der Waals surface area contributed by atoms with Crippen molar-refractivity contribution in [2.75, 3.05) is 0 Å². The molecule has 3 heteroatoms. The summed E-state index contributed by atoms with van der Waals surface area (Å²) in [5.41, 5.74) is 9.13. The summed E-state index contributed by atoms with van der Waals surface area (Å²) >= 11 is 5.97. The van der Waals surface area contributed by atoms with Crippen molar-refractivity contribution in [2.45, 2.75) is 31.2 Å². The second kappa shape index (κ2) is 5.19. The van der Waals surface area contributed by atoms with Gasteiger partial charge >= 0.3 is 0 Å². The van der Waals surface area contributed by atoms with Gasteiger partial charge in [0, 0.05) is 10.6 Å². The summed E-state index contributed by atoms with van der Waals surface area (Å²) in [6.07, 6.45) is 3.44. The molecule has 3 rings (SSSR count). The third-order valence-corrected chi connectivity index (χ3v) is 4.37. The third-order valence-electron chi connectivity index (χ3n) is 4.14. The van der Waals surface area contributed by atoms with E-state index in [0.29, 0.717) is 17.0 Å². The number of hydrogen-bond donors (Lipinski definition) is 1. The van der Waals surface area contributed by atoms with Crippen molar-refractivity contribution in [3.05, 3.63) is 70.0 Å². The van der Waals surface area contributed by atoms with Crippen LogP contribution < -0.4 is 5.73 Å². The number of halogens is 2. The SMILES string of the molecule is NC1(Cc2cc(Cl)ccc2F)CCCc2ccccc21. The molecule has 0 saturated carbocycles. The first-order valence-corrected chi connectivity index (χ1v) is 7.27. The number of rotatable bonds is 2. The zero-order valence-corrected chi connectivity index (χ0v) is 12.0. The van der Waals surface area contributed by atoms with Crippen LogP contribution in [0.2, 0.25) is 5.02 Å². The van der Waals surface area contributed by atoms with E-state index in [2.05, 4.69) is 12.1 Å². The molecule has 2 aromatic rings. The van der Waals surface area contributed by atoms with E-state index >= 15 is 0 Å². The average Bonchev–Trinajstić information content (AvgIpc) is 2.43. The number of nitrogens with two attached hydrogens (primary N) is 1. The topological polar surface area (TPSA) is 26.0 Å². The van der Waals surface area contributed by atoms with Crippen LogP contribution in [0.25, 0.3) is 0 Å². The van der Waals surface area contributed by atoms with Crippen LogP contribution in [0.3, 0.4) is 0 Å². The molecular formula is C17H17ClFN. The minimum atomic E-state index is -0.500. The molecule has 0 saturated heterocycles. The highest BCUT2D eigenvalue weighted by Gasteiger charge is 2.33. The quantitative estimate of drug-likeness (QED) is 0.880. The van der Waals surface area contributed by atoms with Crippen molar-refractivity contribution in [3.63, 3.8) is 0 Å². The van der Waals surface area contributed by atoms with E-state index < -0.39 is 5.54 Å². The van der Waals surface area contributed by atoms with Crippen LogP contribution in [-0.4, -0.2) is 0 Å². The van der Waals surface area contributed by atoms with Crippen LogP contribution in [0.1, 0.15) is 29.5 Å². The molecule has 1 aliphatic rings. The second-order valence-electron chi connectivity index (χ2n) is 5.58. The lowest BCUT2D eigenvalue weighted by atomic mass is 9.74. The normalized spacial score (nSPS) is 21.6. The van der Waals surface area contributed by atoms with E-state index in [1.807, 2.05) is 12.1 Å². The predicted molar refractivity (Wildman–Crippen MR) is 80.4 cm³/mol. The van der Waals surface area contributed by atoms with Gasteiger partial charge in [-0.3, -0.25) is 0 Å². The van der Waals surface area contributed by atoms with Crippen molar-refractivity contribution in [3.8, 4) is 0 Å². The zero-order valence-electron chi connectivity index (χ0n) is 11.2. The lowest BCUT2D eigenvalue weighted by molar-refractivity contribution is 0.364. The van der Waals surface area contributed by atoms with Crippen LogP contribution in [-0.2, 0) is 18.4 Å². The van der Waals surface area contributed by atoms with Crippen molar-refractivity contribution in [1.29, 1.82) is 0 Å². The Bertz CT molecular complexity index is 641. The van der Waals surface area contributed by atoms with Crippen LogP contribution in [0.15, 0.2) is 42.5 Å². The number of hydrogen-bond acceptors (Lipinski definition) is 1. The molecule has 0 radical (unpaired) electrons. The van der Waals surface area contributed by atoms with Gasteiger partial charge in [0.25, 0.3) is 0 Å². The molecule has 0 heterocycles. The van der Waals surface area contributed by atoms with Gasteiger partial charge in [-0.25, -0.2) is 4.39 Å². The maximum atomic E-state index is 14.0. The molecule has 0 fully saturated rings. The van der Waals surface area contributed by atoms with E-state index in [-0.39, 0.29) is 5.82 Å². The van der Waals surface area contributed by atoms with Gasteiger partial charge in [0.2, 0.25) is 0 Å². The summed E-state index contributed by atoms with van der Waals surface area (Å²) in [6, 6.07) is 12.9. The molecule has 0 aliphatic heterocycles. The molecule has 1 unspecified atom stereocenters. The van der Waals surface area contributed by atoms with Gasteiger partial charge in [-0.05, 0) is 60.6 Å². The van der Waals surface area contributed by atoms with E-state index in [9.17, 15) is 4.39 Å². The fourth-order valence-electron chi connectivity index (χ4n) is 3.16. The third kappa shape index (κ3) is 2.46. The highest BCUT2D eigenvalue weighted by Crippen LogP contribution is 2.36. The van der Waals surface area contributed by atoms with Crippen molar-refractivity contribution in [1.82, 2.24) is 0 Å². The van der Waals surface area contributed by atoms with Gasteiger partial charge in [-0.1, -0.05) is 35.9 Å². The second-order valence-corrected chi connectivity index (χ2v) is 6.02. The van der Waals surface area contributed by atoms with Gasteiger partial charge in [-0.2, -0.15) is 0 Å². The molecule has 0 spiro atoms. The molecule has 0 aromatic heterocycles. The maximum absolute atomic E-state index is 14.0. The Morgan fingerprint density at radius 2 is 2.00 bits per heavy atom. The highest BCUT2D eigenvalue weighted by atomic mass is 35.5. The van der Waals surface area contributed by atoms with Gasteiger partial charge in [0.1, 0.15) is 5.82 Å². The van der Waals surface area contributed by atoms with Gasteiger partial charge < -0.3 is 5.73 Å². The summed E-state index contributed by atoms with van der Waals surface area (Å²) in [7, 11) is 0.